The molecule has 1 fully saturated rings. The third-order valence-electron chi connectivity index (χ3n) is 5.01. The van der Waals surface area contributed by atoms with Gasteiger partial charge in [-0.05, 0) is 23.8 Å². The molecule has 4 heterocycles. The van der Waals surface area contributed by atoms with E-state index in [2.05, 4.69) is 55.7 Å². The number of fused-ring (bicyclic) bond motifs is 1. The predicted octanol–water partition coefficient (Wildman–Crippen LogP) is 2.59. The molecule has 1 saturated heterocycles. The van der Waals surface area contributed by atoms with Gasteiger partial charge >= 0.3 is 0 Å². The predicted molar refractivity (Wildman–Crippen MR) is 111 cm³/mol. The first-order chi connectivity index (χ1) is 14.2. The summed E-state index contributed by atoms with van der Waals surface area (Å²) in [7, 11) is 1.93. The number of nitrogens with zero attached hydrogens (tertiary/aromatic N) is 6. The fourth-order valence-corrected chi connectivity index (χ4v) is 3.54. The third-order valence-corrected chi connectivity index (χ3v) is 5.01. The molecule has 1 N–H and O–H groups in total. The number of aryl methyl sites for hydroxylation is 1. The molecule has 1 aliphatic heterocycles. The minimum absolute atomic E-state index is 0.543. The molecule has 5 rings (SSSR count). The highest BCUT2D eigenvalue weighted by atomic mass is 16.5. The van der Waals surface area contributed by atoms with Crippen molar-refractivity contribution in [2.24, 2.45) is 7.05 Å². The van der Waals surface area contributed by atoms with Gasteiger partial charge in [-0.2, -0.15) is 10.1 Å². The molecule has 3 aromatic heterocycles. The zero-order valence-corrected chi connectivity index (χ0v) is 16.2. The van der Waals surface area contributed by atoms with E-state index in [1.807, 2.05) is 28.6 Å². The van der Waals surface area contributed by atoms with Gasteiger partial charge in [0.1, 0.15) is 0 Å². The van der Waals surface area contributed by atoms with Gasteiger partial charge < -0.3 is 19.5 Å². The molecule has 8 heteroatoms. The van der Waals surface area contributed by atoms with Crippen LogP contribution in [0.15, 0.2) is 48.9 Å². The van der Waals surface area contributed by atoms with Crippen LogP contribution in [-0.2, 0) is 18.3 Å². The van der Waals surface area contributed by atoms with Crippen LogP contribution in [0.1, 0.15) is 5.56 Å². The number of ether oxygens (including phenoxy) is 1. The number of nitrogens with one attached hydrogen (secondary N) is 1. The molecule has 29 heavy (non-hydrogen) atoms. The van der Waals surface area contributed by atoms with Crippen LogP contribution in [0, 0.1) is 6.20 Å². The molecular formula is C21H22N7O. The summed E-state index contributed by atoms with van der Waals surface area (Å²) < 4.78 is 9.23. The molecule has 1 aliphatic rings. The van der Waals surface area contributed by atoms with E-state index >= 15 is 0 Å². The van der Waals surface area contributed by atoms with Crippen LogP contribution < -0.4 is 10.2 Å². The minimum Gasteiger partial charge on any atom is -0.378 e. The Kier molecular flexibility index (Phi) is 4.61. The fraction of sp³-hybridized carbons (Fsp3) is 0.286. The Morgan fingerprint density at radius 1 is 1.21 bits per heavy atom. The Labute approximate surface area is 168 Å². The number of benzene rings is 1. The molecule has 0 saturated carbocycles. The largest absolute Gasteiger partial charge is 0.378 e. The van der Waals surface area contributed by atoms with Gasteiger partial charge in [0.25, 0.3) is 0 Å². The highest BCUT2D eigenvalue weighted by Crippen LogP contribution is 2.20. The van der Waals surface area contributed by atoms with Crippen molar-refractivity contribution in [3.63, 3.8) is 0 Å². The first kappa shape index (κ1) is 17.7. The number of hydrogen-bond donors (Lipinski definition) is 1. The summed E-state index contributed by atoms with van der Waals surface area (Å²) in [5, 5.41) is 8.66. The molecule has 8 nitrogen and oxygen atoms in total. The average molecular weight is 388 g/mol. The second-order valence-electron chi connectivity index (χ2n) is 7.14. The molecular weight excluding hydrogens is 366 g/mol. The molecule has 1 aromatic carbocycles. The van der Waals surface area contributed by atoms with Gasteiger partial charge in [-0.3, -0.25) is 0 Å². The van der Waals surface area contributed by atoms with Crippen LogP contribution >= 0.6 is 0 Å². The van der Waals surface area contributed by atoms with E-state index in [0.29, 0.717) is 12.5 Å². The lowest BCUT2D eigenvalue weighted by Gasteiger charge is -2.29. The number of rotatable bonds is 5. The minimum atomic E-state index is 0.543. The van der Waals surface area contributed by atoms with E-state index in [9.17, 15) is 0 Å². The summed E-state index contributed by atoms with van der Waals surface area (Å²) in [5.74, 6) is 0.543. The Hall–Kier alpha value is -3.39. The highest BCUT2D eigenvalue weighted by Gasteiger charge is 2.13. The smallest absolute Gasteiger partial charge is 0.229 e. The Morgan fingerprint density at radius 3 is 2.93 bits per heavy atom. The lowest BCUT2D eigenvalue weighted by atomic mass is 10.2. The maximum Gasteiger partial charge on any atom is 0.229 e. The molecule has 0 atom stereocenters. The Balaban J connectivity index is 1.39. The van der Waals surface area contributed by atoms with Crippen LogP contribution in [0.5, 0.6) is 0 Å². The number of morpholine rings is 1. The summed E-state index contributed by atoms with van der Waals surface area (Å²) in [4.78, 5) is 11.4. The first-order valence-electron chi connectivity index (χ1n) is 9.66. The van der Waals surface area contributed by atoms with Gasteiger partial charge in [0, 0.05) is 38.2 Å². The second kappa shape index (κ2) is 7.56. The van der Waals surface area contributed by atoms with E-state index in [1.54, 1.807) is 12.4 Å². The third kappa shape index (κ3) is 3.79. The monoisotopic (exact) mass is 388 g/mol. The van der Waals surface area contributed by atoms with Crippen molar-refractivity contribution < 1.29 is 4.74 Å². The van der Waals surface area contributed by atoms with Gasteiger partial charge in [-0.1, -0.05) is 12.1 Å². The van der Waals surface area contributed by atoms with Gasteiger partial charge in [0.2, 0.25) is 5.95 Å². The normalized spacial score (nSPS) is 14.4. The molecule has 0 unspecified atom stereocenters. The number of anilines is 3. The van der Waals surface area contributed by atoms with Crippen LogP contribution in [0.4, 0.5) is 17.3 Å². The SMILES string of the molecule is Cn1[c]cc(Nc2ncc3cnn(Cc4cccc(N5CCOCC5)c4)c3n2)c1. The first-order valence-corrected chi connectivity index (χ1v) is 9.66. The van der Waals surface area contributed by atoms with E-state index in [-0.39, 0.29) is 0 Å². The molecule has 1 radical (unpaired) electrons. The summed E-state index contributed by atoms with van der Waals surface area (Å²) >= 11 is 0. The van der Waals surface area contributed by atoms with E-state index in [0.717, 1.165) is 43.0 Å². The van der Waals surface area contributed by atoms with Crippen molar-refractivity contribution in [2.45, 2.75) is 6.54 Å². The zero-order chi connectivity index (χ0) is 19.6. The fourth-order valence-electron chi connectivity index (χ4n) is 3.54. The van der Waals surface area contributed by atoms with Crippen molar-refractivity contribution in [3.05, 3.63) is 60.7 Å². The molecule has 147 valence electrons. The zero-order valence-electron chi connectivity index (χ0n) is 16.2. The summed E-state index contributed by atoms with van der Waals surface area (Å²) in [6.07, 6.45) is 8.60. The van der Waals surface area contributed by atoms with Crippen LogP contribution in [0.2, 0.25) is 0 Å². The standard InChI is InChI=1S/C21H22N7O/c1-26-6-5-18(15-26)24-21-22-12-17-13-23-28(20(17)25-21)14-16-3-2-4-19(11-16)27-7-9-29-10-8-27/h2-5,11-13,15H,7-10,14H2,1H3,(H,22,24,25). The summed E-state index contributed by atoms with van der Waals surface area (Å²) in [6, 6.07) is 10.5. The Bertz CT molecular complexity index is 1130. The topological polar surface area (TPSA) is 73.0 Å². The maximum absolute atomic E-state index is 5.46. The second-order valence-corrected chi connectivity index (χ2v) is 7.14. The van der Waals surface area contributed by atoms with Crippen LogP contribution in [-0.4, -0.2) is 50.6 Å². The van der Waals surface area contributed by atoms with Crippen molar-refractivity contribution >= 4 is 28.4 Å². The van der Waals surface area contributed by atoms with E-state index < -0.39 is 0 Å². The van der Waals surface area contributed by atoms with E-state index in [1.165, 1.54) is 11.3 Å². The maximum atomic E-state index is 5.46. The summed E-state index contributed by atoms with van der Waals surface area (Å²) in [5.41, 5.74) is 4.11. The van der Waals surface area contributed by atoms with Gasteiger partial charge in [0.15, 0.2) is 5.65 Å². The quantitative estimate of drug-likeness (QED) is 0.567. The van der Waals surface area contributed by atoms with Gasteiger partial charge in [-0.25, -0.2) is 9.67 Å². The Morgan fingerprint density at radius 2 is 2.10 bits per heavy atom. The lowest BCUT2D eigenvalue weighted by molar-refractivity contribution is 0.122. The lowest BCUT2D eigenvalue weighted by Crippen LogP contribution is -2.36. The molecule has 0 bridgehead atoms. The number of hydrogen-bond acceptors (Lipinski definition) is 6. The molecule has 0 aliphatic carbocycles. The van der Waals surface area contributed by atoms with Crippen molar-refractivity contribution in [2.75, 3.05) is 36.5 Å². The number of aromatic nitrogens is 5. The van der Waals surface area contributed by atoms with Crippen molar-refractivity contribution in [1.82, 2.24) is 24.3 Å². The molecule has 4 aromatic rings. The van der Waals surface area contributed by atoms with E-state index in [4.69, 9.17) is 4.74 Å². The van der Waals surface area contributed by atoms with Crippen molar-refractivity contribution in [1.29, 1.82) is 0 Å². The van der Waals surface area contributed by atoms with Crippen molar-refractivity contribution in [3.8, 4) is 0 Å². The molecule has 0 amide bonds. The van der Waals surface area contributed by atoms with Gasteiger partial charge in [-0.15, -0.1) is 0 Å². The highest BCUT2D eigenvalue weighted by molar-refractivity contribution is 5.75. The van der Waals surface area contributed by atoms with Crippen LogP contribution in [0.3, 0.4) is 0 Å². The average Bonchev–Trinajstić information content (AvgIpc) is 3.35. The van der Waals surface area contributed by atoms with Gasteiger partial charge in [0.05, 0.1) is 43.2 Å². The molecule has 0 spiro atoms. The van der Waals surface area contributed by atoms with Crippen LogP contribution in [0.25, 0.3) is 11.0 Å². The summed E-state index contributed by atoms with van der Waals surface area (Å²) in [6.45, 7) is 4.05.